The monoisotopic (exact) mass is 333 g/mol. The average molecular weight is 334 g/mol. The number of hydrogen-bond donors (Lipinski definition) is 3. The normalized spacial score (nSPS) is 10.7. The summed E-state index contributed by atoms with van der Waals surface area (Å²) in [7, 11) is 1.60. The second kappa shape index (κ2) is 5.69. The summed E-state index contributed by atoms with van der Waals surface area (Å²) in [6, 6.07) is 8.71. The number of fused-ring (bicyclic) bond motifs is 1. The van der Waals surface area contributed by atoms with E-state index >= 15 is 0 Å². The van der Waals surface area contributed by atoms with Gasteiger partial charge in [-0.2, -0.15) is 0 Å². The van der Waals surface area contributed by atoms with Crippen molar-refractivity contribution in [2.75, 3.05) is 10.6 Å². The Morgan fingerprint density at radius 3 is 2.52 bits per heavy atom. The van der Waals surface area contributed by atoms with Gasteiger partial charge in [-0.15, -0.1) is 0 Å². The summed E-state index contributed by atoms with van der Waals surface area (Å²) in [4.78, 5) is 23.4. The minimum Gasteiger partial charge on any atom is -0.506 e. The van der Waals surface area contributed by atoms with E-state index in [2.05, 4.69) is 10.6 Å². The number of phenols is 1. The molecule has 0 spiro atoms. The molecule has 1 heterocycles. The van der Waals surface area contributed by atoms with Crippen molar-refractivity contribution in [2.45, 2.75) is 0 Å². The van der Waals surface area contributed by atoms with Crippen molar-refractivity contribution < 1.29 is 14.3 Å². The van der Waals surface area contributed by atoms with E-state index in [0.29, 0.717) is 22.5 Å². The molecule has 1 aromatic heterocycles. The Morgan fingerprint density at radius 2 is 1.83 bits per heavy atom. The molecular formula is C15H12ClN3O4. The molecule has 7 nitrogen and oxygen atoms in total. The first-order valence-electron chi connectivity index (χ1n) is 6.60. The summed E-state index contributed by atoms with van der Waals surface area (Å²) in [6.45, 7) is 0. The van der Waals surface area contributed by atoms with Gasteiger partial charge in [0.05, 0.1) is 10.5 Å². The fraction of sp³-hybridized carbons (Fsp3) is 0.0667. The lowest BCUT2D eigenvalue weighted by molar-refractivity contribution is 0.262. The van der Waals surface area contributed by atoms with Crippen molar-refractivity contribution in [3.8, 4) is 5.75 Å². The van der Waals surface area contributed by atoms with Crippen LogP contribution in [0.25, 0.3) is 11.1 Å². The number of carbonyl (C=O) groups excluding carboxylic acids is 1. The molecule has 3 aromatic rings. The van der Waals surface area contributed by atoms with Crippen LogP contribution in [0.2, 0.25) is 5.02 Å². The number of urea groups is 1. The maximum Gasteiger partial charge on any atom is 0.419 e. The Labute approximate surface area is 135 Å². The number of hydrogen-bond acceptors (Lipinski definition) is 4. The third-order valence-corrected chi connectivity index (χ3v) is 3.56. The lowest BCUT2D eigenvalue weighted by atomic mass is 10.3. The van der Waals surface area contributed by atoms with Crippen molar-refractivity contribution in [2.24, 2.45) is 7.05 Å². The zero-order valence-electron chi connectivity index (χ0n) is 12.0. The van der Waals surface area contributed by atoms with Crippen LogP contribution in [-0.2, 0) is 7.05 Å². The van der Waals surface area contributed by atoms with Crippen molar-refractivity contribution in [3.05, 3.63) is 52.0 Å². The van der Waals surface area contributed by atoms with Crippen LogP contribution in [0.1, 0.15) is 0 Å². The predicted molar refractivity (Wildman–Crippen MR) is 87.2 cm³/mol. The molecular weight excluding hydrogens is 322 g/mol. The van der Waals surface area contributed by atoms with Gasteiger partial charge in [0.25, 0.3) is 0 Å². The van der Waals surface area contributed by atoms with E-state index in [1.807, 2.05) is 0 Å². The zero-order chi connectivity index (χ0) is 16.6. The third-order valence-electron chi connectivity index (χ3n) is 3.26. The first kappa shape index (κ1) is 15.0. The summed E-state index contributed by atoms with van der Waals surface area (Å²) in [5.41, 5.74) is 1.90. The first-order chi connectivity index (χ1) is 10.9. The number of aryl methyl sites for hydroxylation is 1. The van der Waals surface area contributed by atoms with E-state index in [-0.39, 0.29) is 10.8 Å². The van der Waals surface area contributed by atoms with E-state index in [9.17, 15) is 14.7 Å². The van der Waals surface area contributed by atoms with Gasteiger partial charge in [0, 0.05) is 24.5 Å². The van der Waals surface area contributed by atoms with Crippen molar-refractivity contribution in [1.29, 1.82) is 0 Å². The van der Waals surface area contributed by atoms with E-state index in [0.717, 1.165) is 0 Å². The molecule has 0 aliphatic rings. The summed E-state index contributed by atoms with van der Waals surface area (Å²) in [6.07, 6.45) is 0. The zero-order valence-corrected chi connectivity index (χ0v) is 12.7. The molecule has 0 fully saturated rings. The summed E-state index contributed by atoms with van der Waals surface area (Å²) in [5, 5.41) is 14.7. The summed E-state index contributed by atoms with van der Waals surface area (Å²) in [5.74, 6) is -0.539. The highest BCUT2D eigenvalue weighted by molar-refractivity contribution is 6.32. The largest absolute Gasteiger partial charge is 0.506 e. The van der Waals surface area contributed by atoms with Gasteiger partial charge in [0.1, 0.15) is 5.75 Å². The maximum absolute atomic E-state index is 12.0. The standard InChI is InChI=1S/C15H12ClN3O4/c1-19-11-4-2-9(7-13(11)23-15(19)22)18-14(21)17-8-3-5-12(20)10(16)6-8/h2-7,20H,1H3,(H2,17,18,21). The highest BCUT2D eigenvalue weighted by atomic mass is 35.5. The van der Waals surface area contributed by atoms with Crippen LogP contribution in [0.3, 0.4) is 0 Å². The number of amides is 2. The predicted octanol–water partition coefficient (Wildman–Crippen LogP) is 3.13. The molecule has 0 atom stereocenters. The van der Waals surface area contributed by atoms with Crippen LogP contribution in [-0.4, -0.2) is 15.7 Å². The molecule has 8 heteroatoms. The van der Waals surface area contributed by atoms with E-state index < -0.39 is 11.8 Å². The molecule has 0 saturated heterocycles. The van der Waals surface area contributed by atoms with Gasteiger partial charge in [-0.1, -0.05) is 11.6 Å². The number of rotatable bonds is 2. The number of nitrogens with one attached hydrogen (secondary N) is 2. The van der Waals surface area contributed by atoms with E-state index in [1.165, 1.54) is 22.8 Å². The number of anilines is 2. The number of phenolic OH excluding ortho intramolecular Hbond substituents is 1. The molecule has 0 bridgehead atoms. The minimum absolute atomic E-state index is 0.0674. The van der Waals surface area contributed by atoms with Gasteiger partial charge in [-0.05, 0) is 30.3 Å². The van der Waals surface area contributed by atoms with Crippen LogP contribution >= 0.6 is 11.6 Å². The first-order valence-corrected chi connectivity index (χ1v) is 6.98. The van der Waals surface area contributed by atoms with Gasteiger partial charge in [-0.25, -0.2) is 9.59 Å². The quantitative estimate of drug-likeness (QED) is 0.628. The van der Waals surface area contributed by atoms with Gasteiger partial charge >= 0.3 is 11.8 Å². The molecule has 23 heavy (non-hydrogen) atoms. The number of benzene rings is 2. The molecule has 0 radical (unpaired) electrons. The van der Waals surface area contributed by atoms with Crippen LogP contribution < -0.4 is 16.4 Å². The molecule has 0 aliphatic carbocycles. The fourth-order valence-corrected chi connectivity index (χ4v) is 2.27. The Balaban J connectivity index is 1.77. The molecule has 3 N–H and O–H groups in total. The molecule has 2 amide bonds. The minimum atomic E-state index is -0.496. The lowest BCUT2D eigenvalue weighted by Gasteiger charge is -2.08. The molecule has 3 rings (SSSR count). The summed E-state index contributed by atoms with van der Waals surface area (Å²) >= 11 is 5.77. The number of carbonyl (C=O) groups is 1. The van der Waals surface area contributed by atoms with Crippen LogP contribution in [0, 0.1) is 0 Å². The third kappa shape index (κ3) is 3.00. The molecule has 0 unspecified atom stereocenters. The van der Waals surface area contributed by atoms with Crippen molar-refractivity contribution in [3.63, 3.8) is 0 Å². The fourth-order valence-electron chi connectivity index (χ4n) is 2.09. The van der Waals surface area contributed by atoms with Gasteiger partial charge in [0.2, 0.25) is 0 Å². The number of oxazole rings is 1. The number of aromatic hydroxyl groups is 1. The van der Waals surface area contributed by atoms with Crippen molar-refractivity contribution >= 4 is 40.1 Å². The smallest absolute Gasteiger partial charge is 0.419 e. The Bertz CT molecular complexity index is 961. The SMILES string of the molecule is Cn1c(=O)oc2cc(NC(=O)Nc3ccc(O)c(Cl)c3)ccc21. The van der Waals surface area contributed by atoms with Gasteiger partial charge in [0.15, 0.2) is 5.58 Å². The second-order valence-corrected chi connectivity index (χ2v) is 5.26. The highest BCUT2D eigenvalue weighted by Gasteiger charge is 2.09. The van der Waals surface area contributed by atoms with Gasteiger partial charge < -0.3 is 20.2 Å². The summed E-state index contributed by atoms with van der Waals surface area (Å²) < 4.78 is 6.43. The number of nitrogens with zero attached hydrogens (tertiary/aromatic N) is 1. The van der Waals surface area contributed by atoms with E-state index in [1.54, 1.807) is 25.2 Å². The van der Waals surface area contributed by atoms with Crippen LogP contribution in [0.4, 0.5) is 16.2 Å². The topological polar surface area (TPSA) is 96.5 Å². The second-order valence-electron chi connectivity index (χ2n) is 4.85. The lowest BCUT2D eigenvalue weighted by Crippen LogP contribution is -2.19. The number of halogens is 1. The Hall–Kier alpha value is -2.93. The average Bonchev–Trinajstić information content (AvgIpc) is 2.77. The van der Waals surface area contributed by atoms with Crippen LogP contribution in [0.15, 0.2) is 45.6 Å². The Kier molecular flexibility index (Phi) is 3.71. The molecule has 2 aromatic carbocycles. The highest BCUT2D eigenvalue weighted by Crippen LogP contribution is 2.26. The number of aromatic nitrogens is 1. The maximum atomic E-state index is 12.0. The van der Waals surface area contributed by atoms with E-state index in [4.69, 9.17) is 16.0 Å². The van der Waals surface area contributed by atoms with Gasteiger partial charge in [-0.3, -0.25) is 4.57 Å². The molecule has 0 saturated carbocycles. The molecule has 118 valence electrons. The van der Waals surface area contributed by atoms with Crippen LogP contribution in [0.5, 0.6) is 5.75 Å². The Morgan fingerprint density at radius 1 is 1.17 bits per heavy atom. The van der Waals surface area contributed by atoms with Crippen molar-refractivity contribution in [1.82, 2.24) is 4.57 Å². The molecule has 0 aliphatic heterocycles.